The molecule has 4 N–H and O–H groups in total. The molecule has 36 heavy (non-hydrogen) atoms. The highest BCUT2D eigenvalue weighted by Gasteiger charge is 2.40. The van der Waals surface area contributed by atoms with Crippen molar-refractivity contribution < 1.29 is 32.3 Å². The van der Waals surface area contributed by atoms with Gasteiger partial charge in [0.1, 0.15) is 30.8 Å². The Labute approximate surface area is 205 Å². The number of hydrogen-bond donors (Lipinski definition) is 4. The van der Waals surface area contributed by atoms with Crippen LogP contribution in [-0.2, 0) is 29.2 Å². The summed E-state index contributed by atoms with van der Waals surface area (Å²) in [5.74, 6) is 0. The summed E-state index contributed by atoms with van der Waals surface area (Å²) in [6.07, 6.45) is -2.86. The van der Waals surface area contributed by atoms with E-state index in [2.05, 4.69) is 9.97 Å². The van der Waals surface area contributed by atoms with E-state index in [4.69, 9.17) is 17.8 Å². The summed E-state index contributed by atoms with van der Waals surface area (Å²) in [5, 5.41) is 19.9. The Morgan fingerprint density at radius 2 is 1.50 bits per heavy atom. The van der Waals surface area contributed by atoms with E-state index in [1.165, 1.54) is 26.2 Å². The predicted molar refractivity (Wildman–Crippen MR) is 121 cm³/mol. The second-order valence-electron chi connectivity index (χ2n) is 8.56. The van der Waals surface area contributed by atoms with Crippen LogP contribution in [0.1, 0.15) is 36.4 Å². The predicted octanol–water partition coefficient (Wildman–Crippen LogP) is -2.39. The SMILES string of the molecule is Cc1cn([C@H]2C[C@H](OS(=O)OC[C@H]3O[C@@H](n4cc(C)c(=O)[nH]c4=O)C[C@@H]3O)[C@@H](CO)O2)c(=O)[nH]c1=O. The first kappa shape index (κ1) is 26.3. The van der Waals surface area contributed by atoms with Gasteiger partial charge in [-0.15, -0.1) is 0 Å². The summed E-state index contributed by atoms with van der Waals surface area (Å²) < 4.78 is 36.5. The van der Waals surface area contributed by atoms with Crippen LogP contribution in [0.25, 0.3) is 0 Å². The third-order valence-electron chi connectivity index (χ3n) is 6.01. The summed E-state index contributed by atoms with van der Waals surface area (Å²) in [6.45, 7) is 2.20. The van der Waals surface area contributed by atoms with Crippen LogP contribution in [0.5, 0.6) is 0 Å². The van der Waals surface area contributed by atoms with Gasteiger partial charge < -0.3 is 19.7 Å². The first-order valence-electron chi connectivity index (χ1n) is 11.0. The number of rotatable bonds is 8. The normalized spacial score (nSPS) is 29.0. The third kappa shape index (κ3) is 5.49. The summed E-state index contributed by atoms with van der Waals surface area (Å²) in [7, 11) is 0. The first-order chi connectivity index (χ1) is 17.1. The van der Waals surface area contributed by atoms with Gasteiger partial charge in [-0.1, -0.05) is 0 Å². The molecule has 7 atom stereocenters. The number of hydrogen-bond acceptors (Lipinski definition) is 11. The standard InChI is InChI=1S/C20H26N4O11S/c1-9-5-23(19(29)21-17(9)27)15-3-11(26)14(34-15)8-32-36(31)35-12-4-16(33-13(12)7-25)24-6-10(2)18(28)22-20(24)30/h5-6,11-16,25-26H,3-4,7-8H2,1-2H3,(H,21,27,29)(H,22,28,30)/t11-,12-,13+,14+,15+,16+,36?/m0/s1. The largest absolute Gasteiger partial charge is 0.394 e. The maximum absolute atomic E-state index is 12.4. The van der Waals surface area contributed by atoms with Gasteiger partial charge in [0.05, 0.1) is 19.3 Å². The number of aryl methyl sites for hydroxylation is 2. The monoisotopic (exact) mass is 530 g/mol. The molecule has 0 aromatic carbocycles. The fraction of sp³-hybridized carbons (Fsp3) is 0.600. The van der Waals surface area contributed by atoms with Crippen LogP contribution in [0.15, 0.2) is 31.6 Å². The lowest BCUT2D eigenvalue weighted by molar-refractivity contribution is -0.0483. The Hall–Kier alpha value is -2.73. The number of aliphatic hydroxyl groups excluding tert-OH is 2. The zero-order valence-electron chi connectivity index (χ0n) is 19.3. The molecule has 198 valence electrons. The quantitative estimate of drug-likeness (QED) is 0.283. The van der Waals surface area contributed by atoms with Gasteiger partial charge in [0.25, 0.3) is 11.1 Å². The van der Waals surface area contributed by atoms with Gasteiger partial charge in [0.2, 0.25) is 0 Å². The van der Waals surface area contributed by atoms with Crippen LogP contribution < -0.4 is 22.5 Å². The van der Waals surface area contributed by atoms with Crippen molar-refractivity contribution in [3.05, 3.63) is 65.2 Å². The summed E-state index contributed by atoms with van der Waals surface area (Å²) >= 11 is -2.34. The fourth-order valence-electron chi connectivity index (χ4n) is 4.02. The van der Waals surface area contributed by atoms with E-state index in [-0.39, 0.29) is 30.6 Å². The number of nitrogens with zero attached hydrogens (tertiary/aromatic N) is 2. The molecular formula is C20H26N4O11S. The van der Waals surface area contributed by atoms with Gasteiger partial charge in [-0.2, -0.15) is 4.21 Å². The molecule has 0 aliphatic carbocycles. The molecule has 0 amide bonds. The van der Waals surface area contributed by atoms with Gasteiger partial charge in [-0.05, 0) is 13.8 Å². The van der Waals surface area contributed by atoms with E-state index in [0.717, 1.165) is 9.13 Å². The number of aromatic amines is 2. The lowest BCUT2D eigenvalue weighted by atomic mass is 10.2. The lowest BCUT2D eigenvalue weighted by Crippen LogP contribution is -2.33. The van der Waals surface area contributed by atoms with E-state index in [9.17, 15) is 33.6 Å². The molecule has 2 aromatic heterocycles. The highest BCUT2D eigenvalue weighted by atomic mass is 32.2. The molecule has 2 aromatic rings. The molecule has 4 heterocycles. The van der Waals surface area contributed by atoms with Crippen LogP contribution in [0.2, 0.25) is 0 Å². The number of H-pyrrole nitrogens is 2. The summed E-state index contributed by atoms with van der Waals surface area (Å²) in [5.41, 5.74) is -1.89. The molecular weight excluding hydrogens is 504 g/mol. The Kier molecular flexibility index (Phi) is 7.84. The zero-order valence-corrected chi connectivity index (χ0v) is 20.1. The van der Waals surface area contributed by atoms with Crippen molar-refractivity contribution >= 4 is 11.4 Å². The van der Waals surface area contributed by atoms with Crippen LogP contribution in [0.3, 0.4) is 0 Å². The second kappa shape index (κ2) is 10.7. The minimum absolute atomic E-state index is 0.0326. The molecule has 2 fully saturated rings. The van der Waals surface area contributed by atoms with Gasteiger partial charge in [-0.25, -0.2) is 9.59 Å². The van der Waals surface area contributed by atoms with Crippen LogP contribution in [-0.4, -0.2) is 71.2 Å². The van der Waals surface area contributed by atoms with Crippen LogP contribution in [0, 0.1) is 13.8 Å². The minimum atomic E-state index is -2.34. The third-order valence-corrected chi connectivity index (χ3v) is 6.74. The molecule has 4 rings (SSSR count). The molecule has 0 bridgehead atoms. The first-order valence-corrected chi connectivity index (χ1v) is 12.0. The van der Waals surface area contributed by atoms with Gasteiger partial charge in [0, 0.05) is 36.4 Å². The molecule has 0 radical (unpaired) electrons. The summed E-state index contributed by atoms with van der Waals surface area (Å²) in [6, 6.07) is 0. The Morgan fingerprint density at radius 1 is 0.972 bits per heavy atom. The van der Waals surface area contributed by atoms with Gasteiger partial charge in [-0.3, -0.25) is 37.1 Å². The molecule has 1 unspecified atom stereocenters. The van der Waals surface area contributed by atoms with Crippen molar-refractivity contribution in [2.24, 2.45) is 0 Å². The highest BCUT2D eigenvalue weighted by molar-refractivity contribution is 7.75. The fourth-order valence-corrected chi connectivity index (χ4v) is 4.73. The molecule has 2 aliphatic heterocycles. The number of nitrogens with one attached hydrogen (secondary N) is 2. The van der Waals surface area contributed by atoms with Crippen molar-refractivity contribution in [1.82, 2.24) is 19.1 Å². The lowest BCUT2D eigenvalue weighted by Gasteiger charge is -2.17. The Bertz CT molecular complexity index is 1360. The van der Waals surface area contributed by atoms with Gasteiger partial charge in [0.15, 0.2) is 0 Å². The van der Waals surface area contributed by atoms with Crippen molar-refractivity contribution in [2.75, 3.05) is 13.2 Å². The number of aliphatic hydroxyl groups is 2. The van der Waals surface area contributed by atoms with E-state index in [1.807, 2.05) is 0 Å². The minimum Gasteiger partial charge on any atom is -0.394 e. The van der Waals surface area contributed by atoms with Gasteiger partial charge >= 0.3 is 22.7 Å². The van der Waals surface area contributed by atoms with E-state index in [1.54, 1.807) is 0 Å². The summed E-state index contributed by atoms with van der Waals surface area (Å²) in [4.78, 5) is 51.7. The van der Waals surface area contributed by atoms with E-state index >= 15 is 0 Å². The molecule has 15 nitrogen and oxygen atoms in total. The number of aromatic nitrogens is 4. The topological polar surface area (TPSA) is 204 Å². The van der Waals surface area contributed by atoms with Crippen molar-refractivity contribution in [2.45, 2.75) is 63.6 Å². The highest BCUT2D eigenvalue weighted by Crippen LogP contribution is 2.31. The average Bonchev–Trinajstić information content (AvgIpc) is 3.40. The maximum atomic E-state index is 12.4. The average molecular weight is 531 g/mol. The Morgan fingerprint density at radius 3 is 2.06 bits per heavy atom. The number of ether oxygens (including phenoxy) is 2. The smallest absolute Gasteiger partial charge is 0.330 e. The molecule has 16 heteroatoms. The molecule has 2 aliphatic rings. The van der Waals surface area contributed by atoms with Crippen molar-refractivity contribution in [3.63, 3.8) is 0 Å². The van der Waals surface area contributed by atoms with Crippen LogP contribution >= 0.6 is 0 Å². The van der Waals surface area contributed by atoms with Crippen molar-refractivity contribution in [3.8, 4) is 0 Å². The Balaban J connectivity index is 1.35. The van der Waals surface area contributed by atoms with Crippen LogP contribution in [0.4, 0.5) is 0 Å². The maximum Gasteiger partial charge on any atom is 0.330 e. The zero-order chi connectivity index (χ0) is 26.1. The molecule has 0 saturated carbocycles. The van der Waals surface area contributed by atoms with Crippen molar-refractivity contribution in [1.29, 1.82) is 0 Å². The molecule has 2 saturated heterocycles. The molecule has 0 spiro atoms. The second-order valence-corrected chi connectivity index (χ2v) is 9.40. The van der Waals surface area contributed by atoms with E-state index in [0.29, 0.717) is 0 Å². The van der Waals surface area contributed by atoms with E-state index < -0.39 is 77.3 Å².